The number of carbonyl (C=O) groups is 2. The second kappa shape index (κ2) is 7.62. The van der Waals surface area contributed by atoms with E-state index in [1.165, 1.54) is 7.11 Å². The lowest BCUT2D eigenvalue weighted by Crippen LogP contribution is -2.48. The molecule has 7 heteroatoms. The minimum absolute atomic E-state index is 0.104. The van der Waals surface area contributed by atoms with Crippen molar-refractivity contribution in [2.24, 2.45) is 10.2 Å². The molecule has 7 nitrogen and oxygen atoms in total. The summed E-state index contributed by atoms with van der Waals surface area (Å²) in [5.41, 5.74) is 1.06. The first-order chi connectivity index (χ1) is 13.1. The van der Waals surface area contributed by atoms with Crippen LogP contribution in [-0.4, -0.2) is 25.0 Å². The molecule has 2 amide bonds. The van der Waals surface area contributed by atoms with Crippen molar-refractivity contribution in [3.8, 4) is 11.8 Å². The number of para-hydroxylation sites is 1. The van der Waals surface area contributed by atoms with Gasteiger partial charge in [0.15, 0.2) is 6.04 Å². The van der Waals surface area contributed by atoms with Crippen LogP contribution < -0.4 is 9.64 Å². The summed E-state index contributed by atoms with van der Waals surface area (Å²) in [6, 6.07) is 16.2. The SMILES string of the molecule is COc1cccc(N=NC2C(=O)N(c3ccccc3)C(=O)C(C#N)=C2C)c1. The number of nitriles is 1. The molecule has 0 spiro atoms. The molecule has 0 saturated heterocycles. The molecule has 0 saturated carbocycles. The van der Waals surface area contributed by atoms with E-state index in [2.05, 4.69) is 10.2 Å². The topological polar surface area (TPSA) is 95.1 Å². The third-order valence-electron chi connectivity index (χ3n) is 4.14. The Morgan fingerprint density at radius 1 is 1.11 bits per heavy atom. The van der Waals surface area contributed by atoms with Gasteiger partial charge in [-0.3, -0.25) is 9.59 Å². The van der Waals surface area contributed by atoms with E-state index in [1.807, 2.05) is 6.07 Å². The minimum Gasteiger partial charge on any atom is -0.497 e. The highest BCUT2D eigenvalue weighted by atomic mass is 16.5. The van der Waals surface area contributed by atoms with Gasteiger partial charge in [-0.25, -0.2) is 4.90 Å². The van der Waals surface area contributed by atoms with E-state index < -0.39 is 17.9 Å². The Hall–Kier alpha value is -3.79. The normalized spacial score (nSPS) is 17.4. The molecule has 2 aromatic carbocycles. The maximum Gasteiger partial charge on any atom is 0.275 e. The predicted octanol–water partition coefficient (Wildman–Crippen LogP) is 3.56. The Morgan fingerprint density at radius 2 is 1.85 bits per heavy atom. The van der Waals surface area contributed by atoms with E-state index in [-0.39, 0.29) is 11.1 Å². The van der Waals surface area contributed by atoms with Gasteiger partial charge in [0.05, 0.1) is 18.5 Å². The van der Waals surface area contributed by atoms with Crippen molar-refractivity contribution in [3.63, 3.8) is 0 Å². The number of methoxy groups -OCH3 is 1. The third kappa shape index (κ3) is 3.46. The number of hydrogen-bond donors (Lipinski definition) is 0. The van der Waals surface area contributed by atoms with Crippen molar-refractivity contribution < 1.29 is 14.3 Å². The van der Waals surface area contributed by atoms with Crippen LogP contribution in [0.15, 0.2) is 76.0 Å². The van der Waals surface area contributed by atoms with Gasteiger partial charge < -0.3 is 4.74 Å². The fourth-order valence-electron chi connectivity index (χ4n) is 2.72. The average molecular weight is 360 g/mol. The highest BCUT2D eigenvalue weighted by Gasteiger charge is 2.40. The van der Waals surface area contributed by atoms with Gasteiger partial charge in [0.25, 0.3) is 11.8 Å². The number of hydrogen-bond acceptors (Lipinski definition) is 6. The number of anilines is 1. The van der Waals surface area contributed by atoms with E-state index >= 15 is 0 Å². The molecule has 1 heterocycles. The molecule has 27 heavy (non-hydrogen) atoms. The molecule has 1 aliphatic rings. The van der Waals surface area contributed by atoms with Crippen LogP contribution in [0.25, 0.3) is 0 Å². The summed E-state index contributed by atoms with van der Waals surface area (Å²) in [5, 5.41) is 17.6. The Bertz CT molecular complexity index is 990. The van der Waals surface area contributed by atoms with Crippen LogP contribution in [0, 0.1) is 11.3 Å². The molecular weight excluding hydrogens is 344 g/mol. The smallest absolute Gasteiger partial charge is 0.275 e. The summed E-state index contributed by atoms with van der Waals surface area (Å²) in [5.74, 6) is -0.596. The number of rotatable bonds is 4. The van der Waals surface area contributed by atoms with Crippen LogP contribution in [0.1, 0.15) is 6.92 Å². The number of azo groups is 1. The van der Waals surface area contributed by atoms with Gasteiger partial charge in [0.2, 0.25) is 0 Å². The van der Waals surface area contributed by atoms with Crippen molar-refractivity contribution in [1.29, 1.82) is 5.26 Å². The van der Waals surface area contributed by atoms with Crippen molar-refractivity contribution in [3.05, 3.63) is 65.7 Å². The zero-order valence-corrected chi connectivity index (χ0v) is 14.8. The first-order valence-corrected chi connectivity index (χ1v) is 8.16. The molecule has 134 valence electrons. The van der Waals surface area contributed by atoms with E-state index in [0.29, 0.717) is 17.1 Å². The summed E-state index contributed by atoms with van der Waals surface area (Å²) >= 11 is 0. The van der Waals surface area contributed by atoms with Crippen LogP contribution in [0.5, 0.6) is 5.75 Å². The number of carbonyl (C=O) groups excluding carboxylic acids is 2. The van der Waals surface area contributed by atoms with Gasteiger partial charge in [-0.2, -0.15) is 15.5 Å². The first kappa shape index (κ1) is 18.0. The molecule has 0 aromatic heterocycles. The molecule has 0 radical (unpaired) electrons. The molecule has 3 rings (SSSR count). The van der Waals surface area contributed by atoms with Crippen LogP contribution >= 0.6 is 0 Å². The molecule has 1 aliphatic heterocycles. The maximum atomic E-state index is 12.9. The van der Waals surface area contributed by atoms with E-state index in [9.17, 15) is 14.9 Å². The fourth-order valence-corrected chi connectivity index (χ4v) is 2.72. The minimum atomic E-state index is -1.05. The van der Waals surface area contributed by atoms with Crippen LogP contribution in [0.2, 0.25) is 0 Å². The molecular formula is C20H16N4O3. The molecule has 0 bridgehead atoms. The van der Waals surface area contributed by atoms with Crippen molar-refractivity contribution in [2.45, 2.75) is 13.0 Å². The quantitative estimate of drug-likeness (QED) is 0.615. The molecule has 0 fully saturated rings. The van der Waals surface area contributed by atoms with Gasteiger partial charge in [-0.05, 0) is 36.8 Å². The number of nitrogens with zero attached hydrogens (tertiary/aromatic N) is 4. The van der Waals surface area contributed by atoms with Crippen LogP contribution in [0.3, 0.4) is 0 Å². The van der Waals surface area contributed by atoms with Crippen LogP contribution in [-0.2, 0) is 9.59 Å². The van der Waals surface area contributed by atoms with Crippen molar-refractivity contribution in [2.75, 3.05) is 12.0 Å². The summed E-state index contributed by atoms with van der Waals surface area (Å²) in [6.07, 6.45) is 0. The summed E-state index contributed by atoms with van der Waals surface area (Å²) in [6.45, 7) is 1.55. The lowest BCUT2D eigenvalue weighted by molar-refractivity contribution is -0.125. The van der Waals surface area contributed by atoms with Gasteiger partial charge in [-0.15, -0.1) is 0 Å². The zero-order valence-electron chi connectivity index (χ0n) is 14.8. The van der Waals surface area contributed by atoms with Gasteiger partial charge >= 0.3 is 0 Å². The number of amides is 2. The van der Waals surface area contributed by atoms with Gasteiger partial charge in [-0.1, -0.05) is 24.3 Å². The second-order valence-electron chi connectivity index (χ2n) is 5.80. The number of imide groups is 1. The van der Waals surface area contributed by atoms with E-state index in [1.54, 1.807) is 61.5 Å². The third-order valence-corrected chi connectivity index (χ3v) is 4.14. The van der Waals surface area contributed by atoms with E-state index in [0.717, 1.165) is 4.90 Å². The molecule has 1 atom stereocenters. The van der Waals surface area contributed by atoms with E-state index in [4.69, 9.17) is 4.74 Å². The monoisotopic (exact) mass is 360 g/mol. The average Bonchev–Trinajstić information content (AvgIpc) is 2.69. The van der Waals surface area contributed by atoms with Crippen molar-refractivity contribution >= 4 is 23.2 Å². The van der Waals surface area contributed by atoms with Crippen molar-refractivity contribution in [1.82, 2.24) is 0 Å². The molecule has 2 aromatic rings. The predicted molar refractivity (Wildman–Crippen MR) is 98.5 cm³/mol. The summed E-state index contributed by atoms with van der Waals surface area (Å²) in [4.78, 5) is 26.5. The Balaban J connectivity index is 2.01. The maximum absolute atomic E-state index is 12.9. The molecule has 0 N–H and O–H groups in total. The lowest BCUT2D eigenvalue weighted by Gasteiger charge is -2.28. The zero-order chi connectivity index (χ0) is 19.4. The Kier molecular flexibility index (Phi) is 5.08. The fraction of sp³-hybridized carbons (Fsp3) is 0.150. The lowest BCUT2D eigenvalue weighted by atomic mass is 9.96. The van der Waals surface area contributed by atoms with Crippen LogP contribution in [0.4, 0.5) is 11.4 Å². The highest BCUT2D eigenvalue weighted by molar-refractivity contribution is 6.27. The second-order valence-corrected chi connectivity index (χ2v) is 5.80. The van der Waals surface area contributed by atoms with Gasteiger partial charge in [0, 0.05) is 6.07 Å². The largest absolute Gasteiger partial charge is 0.497 e. The molecule has 0 aliphatic carbocycles. The first-order valence-electron chi connectivity index (χ1n) is 8.16. The highest BCUT2D eigenvalue weighted by Crippen LogP contribution is 2.29. The summed E-state index contributed by atoms with van der Waals surface area (Å²) in [7, 11) is 1.54. The summed E-state index contributed by atoms with van der Waals surface area (Å²) < 4.78 is 5.14. The number of benzene rings is 2. The Labute approximate surface area is 156 Å². The standard InChI is InChI=1S/C20H16N4O3/c1-13-17(12-21)19(25)24(15-8-4-3-5-9-15)20(26)18(13)23-22-14-7-6-10-16(11-14)27-2/h3-11,18H,1-2H3. The number of ether oxygens (including phenoxy) is 1. The molecule has 1 unspecified atom stereocenters. The Morgan fingerprint density at radius 3 is 2.52 bits per heavy atom. The van der Waals surface area contributed by atoms with Gasteiger partial charge in [0.1, 0.15) is 17.4 Å².